The van der Waals surface area contributed by atoms with Crippen LogP contribution in [0.4, 0.5) is 0 Å². The van der Waals surface area contributed by atoms with Gasteiger partial charge in [-0.2, -0.15) is 0 Å². The van der Waals surface area contributed by atoms with Gasteiger partial charge in [0.25, 0.3) is 5.91 Å². The lowest BCUT2D eigenvalue weighted by molar-refractivity contribution is -0.164. The summed E-state index contributed by atoms with van der Waals surface area (Å²) in [5, 5.41) is 0. The summed E-state index contributed by atoms with van der Waals surface area (Å²) in [6, 6.07) is 16.9. The summed E-state index contributed by atoms with van der Waals surface area (Å²) in [7, 11) is 0. The van der Waals surface area contributed by atoms with Gasteiger partial charge < -0.3 is 20.1 Å². The zero-order valence-electron chi connectivity index (χ0n) is 23.0. The van der Waals surface area contributed by atoms with Crippen LogP contribution < -0.4 is 10.5 Å². The van der Waals surface area contributed by atoms with Gasteiger partial charge >= 0.3 is 5.97 Å². The number of hydrogen-bond acceptors (Lipinski definition) is 6. The third-order valence-corrected chi connectivity index (χ3v) is 7.37. The van der Waals surface area contributed by atoms with E-state index in [1.54, 1.807) is 13.8 Å². The molecule has 7 nitrogen and oxygen atoms in total. The van der Waals surface area contributed by atoms with Gasteiger partial charge in [-0.1, -0.05) is 63.2 Å². The second-order valence-corrected chi connectivity index (χ2v) is 10.6. The van der Waals surface area contributed by atoms with Gasteiger partial charge in [0, 0.05) is 12.0 Å². The zero-order chi connectivity index (χ0) is 27.5. The lowest BCUT2D eigenvalue weighted by Gasteiger charge is -2.36. The molecular formula is C31H42N2O5. The van der Waals surface area contributed by atoms with Crippen molar-refractivity contribution >= 4 is 17.7 Å². The van der Waals surface area contributed by atoms with Crippen LogP contribution in [0.2, 0.25) is 0 Å². The Bertz CT molecular complexity index is 1070. The van der Waals surface area contributed by atoms with Gasteiger partial charge in [-0.05, 0) is 74.8 Å². The van der Waals surface area contributed by atoms with E-state index in [4.69, 9.17) is 15.2 Å². The van der Waals surface area contributed by atoms with Crippen molar-refractivity contribution in [3.05, 3.63) is 65.7 Å². The summed E-state index contributed by atoms with van der Waals surface area (Å²) in [6.07, 6.45) is 4.10. The average molecular weight is 523 g/mol. The number of esters is 1. The molecule has 1 saturated heterocycles. The Morgan fingerprint density at radius 1 is 1.08 bits per heavy atom. The standard InChI is InChI=1S/C31H42N2O5/c1-4-31(2,3)28(34)29(35)33-20-9-8-16-26(33)30(36)38-27(18-17-23-12-6-5-7-13-23)24-14-10-15-25(22-24)37-21-11-19-32/h5-7,10,12-15,22,26-27H,4,8-9,11,16-21,32H2,1-3H3/t26-,27+/m0/s1. The van der Waals surface area contributed by atoms with Crippen molar-refractivity contribution in [1.82, 2.24) is 4.90 Å². The maximum atomic E-state index is 13.6. The molecule has 0 saturated carbocycles. The van der Waals surface area contributed by atoms with Crippen molar-refractivity contribution in [2.75, 3.05) is 19.7 Å². The van der Waals surface area contributed by atoms with Crippen LogP contribution in [0.5, 0.6) is 5.75 Å². The van der Waals surface area contributed by atoms with E-state index in [1.165, 1.54) is 4.90 Å². The molecule has 1 amide bonds. The molecular weight excluding hydrogens is 480 g/mol. The van der Waals surface area contributed by atoms with Crippen LogP contribution in [0.15, 0.2) is 54.6 Å². The first-order valence-electron chi connectivity index (χ1n) is 13.8. The molecule has 3 rings (SSSR count). The number of nitrogens with two attached hydrogens (primary N) is 1. The van der Waals surface area contributed by atoms with E-state index in [2.05, 4.69) is 0 Å². The summed E-state index contributed by atoms with van der Waals surface area (Å²) in [5.74, 6) is -0.816. The molecule has 38 heavy (non-hydrogen) atoms. The van der Waals surface area contributed by atoms with Crippen LogP contribution in [0.25, 0.3) is 0 Å². The Kier molecular flexibility index (Phi) is 10.9. The van der Waals surface area contributed by atoms with Gasteiger partial charge in [-0.25, -0.2) is 4.79 Å². The van der Waals surface area contributed by atoms with E-state index >= 15 is 0 Å². The van der Waals surface area contributed by atoms with Crippen molar-refractivity contribution in [3.8, 4) is 5.75 Å². The van der Waals surface area contributed by atoms with Gasteiger partial charge in [0.15, 0.2) is 0 Å². The first kappa shape index (κ1) is 29.4. The van der Waals surface area contributed by atoms with E-state index in [9.17, 15) is 14.4 Å². The van der Waals surface area contributed by atoms with Crippen molar-refractivity contribution in [1.29, 1.82) is 0 Å². The SMILES string of the molecule is CCC(C)(C)C(=O)C(=O)N1CCCC[C@H]1C(=O)O[C@H](CCc1ccccc1)c1cccc(OCCCN)c1. The number of piperidine rings is 1. The number of nitrogens with zero attached hydrogens (tertiary/aromatic N) is 1. The highest BCUT2D eigenvalue weighted by molar-refractivity contribution is 6.38. The van der Waals surface area contributed by atoms with Crippen molar-refractivity contribution in [2.45, 2.75) is 77.9 Å². The zero-order valence-corrected chi connectivity index (χ0v) is 23.0. The van der Waals surface area contributed by atoms with Gasteiger partial charge in [-0.3, -0.25) is 9.59 Å². The number of hydrogen-bond donors (Lipinski definition) is 1. The fraction of sp³-hybridized carbons (Fsp3) is 0.516. The Morgan fingerprint density at radius 2 is 1.84 bits per heavy atom. The van der Waals surface area contributed by atoms with E-state index in [-0.39, 0.29) is 0 Å². The number of benzene rings is 2. The predicted molar refractivity (Wildman–Crippen MR) is 148 cm³/mol. The molecule has 0 bridgehead atoms. The fourth-order valence-electron chi connectivity index (χ4n) is 4.53. The molecule has 0 unspecified atom stereocenters. The summed E-state index contributed by atoms with van der Waals surface area (Å²) >= 11 is 0. The molecule has 0 aromatic heterocycles. The molecule has 1 aliphatic rings. The topological polar surface area (TPSA) is 98.9 Å². The Morgan fingerprint density at radius 3 is 2.55 bits per heavy atom. The predicted octanol–water partition coefficient (Wildman–Crippen LogP) is 5.02. The Labute approximate surface area is 226 Å². The van der Waals surface area contributed by atoms with Crippen LogP contribution in [-0.2, 0) is 25.5 Å². The number of rotatable bonds is 13. The first-order valence-corrected chi connectivity index (χ1v) is 13.8. The molecule has 0 aliphatic carbocycles. The molecule has 2 aromatic rings. The van der Waals surface area contributed by atoms with Crippen LogP contribution in [-0.4, -0.2) is 48.3 Å². The molecule has 2 aromatic carbocycles. The molecule has 206 valence electrons. The number of ether oxygens (including phenoxy) is 2. The molecule has 0 spiro atoms. The highest BCUT2D eigenvalue weighted by atomic mass is 16.5. The highest BCUT2D eigenvalue weighted by Crippen LogP contribution is 2.30. The Hall–Kier alpha value is -3.19. The minimum absolute atomic E-state index is 0.378. The van der Waals surface area contributed by atoms with Crippen LogP contribution in [0.3, 0.4) is 0 Å². The van der Waals surface area contributed by atoms with Gasteiger partial charge in [-0.15, -0.1) is 0 Å². The Balaban J connectivity index is 1.81. The number of ketones is 1. The van der Waals surface area contributed by atoms with Crippen molar-refractivity contribution in [2.24, 2.45) is 11.1 Å². The van der Waals surface area contributed by atoms with Gasteiger partial charge in [0.1, 0.15) is 17.9 Å². The molecule has 1 heterocycles. The molecule has 0 radical (unpaired) electrons. The van der Waals surface area contributed by atoms with Crippen LogP contribution in [0, 0.1) is 5.41 Å². The number of likely N-dealkylation sites (tertiary alicyclic amines) is 1. The average Bonchev–Trinajstić information content (AvgIpc) is 2.95. The number of aryl methyl sites for hydroxylation is 1. The maximum Gasteiger partial charge on any atom is 0.329 e. The maximum absolute atomic E-state index is 13.6. The van der Waals surface area contributed by atoms with E-state index in [0.29, 0.717) is 51.1 Å². The van der Waals surface area contributed by atoms with E-state index in [1.807, 2.05) is 61.5 Å². The molecule has 1 fully saturated rings. The van der Waals surface area contributed by atoms with E-state index in [0.717, 1.165) is 30.4 Å². The smallest absolute Gasteiger partial charge is 0.329 e. The van der Waals surface area contributed by atoms with Gasteiger partial charge in [0.05, 0.1) is 6.61 Å². The number of carbonyl (C=O) groups excluding carboxylic acids is 3. The quantitative estimate of drug-likeness (QED) is 0.225. The summed E-state index contributed by atoms with van der Waals surface area (Å²) in [4.78, 5) is 41.2. The molecule has 1 aliphatic heterocycles. The van der Waals surface area contributed by atoms with E-state index < -0.39 is 35.2 Å². The summed E-state index contributed by atoms with van der Waals surface area (Å²) < 4.78 is 12.0. The normalized spacial score (nSPS) is 16.5. The fourth-order valence-corrected chi connectivity index (χ4v) is 4.53. The monoisotopic (exact) mass is 522 g/mol. The largest absolute Gasteiger partial charge is 0.494 e. The minimum Gasteiger partial charge on any atom is -0.494 e. The first-order chi connectivity index (χ1) is 18.3. The number of Topliss-reactive ketones (excluding diaryl/α,β-unsaturated/α-hetero) is 1. The molecule has 2 N–H and O–H groups in total. The molecule has 7 heteroatoms. The van der Waals surface area contributed by atoms with Gasteiger partial charge in [0.2, 0.25) is 5.78 Å². The lowest BCUT2D eigenvalue weighted by Crippen LogP contribution is -2.53. The van der Waals surface area contributed by atoms with Crippen molar-refractivity contribution in [3.63, 3.8) is 0 Å². The second kappa shape index (κ2) is 14.1. The van der Waals surface area contributed by atoms with Crippen molar-refractivity contribution < 1.29 is 23.9 Å². The lowest BCUT2D eigenvalue weighted by atomic mass is 9.84. The third kappa shape index (κ3) is 7.90. The van der Waals surface area contributed by atoms with Crippen LogP contribution in [0.1, 0.15) is 76.5 Å². The summed E-state index contributed by atoms with van der Waals surface area (Å²) in [5.41, 5.74) is 6.79. The highest BCUT2D eigenvalue weighted by Gasteiger charge is 2.41. The third-order valence-electron chi connectivity index (χ3n) is 7.37. The number of amides is 1. The molecule has 2 atom stereocenters. The summed E-state index contributed by atoms with van der Waals surface area (Å²) in [6.45, 7) is 6.86. The minimum atomic E-state index is -0.772. The van der Waals surface area contributed by atoms with Crippen LogP contribution >= 0.6 is 0 Å². The second-order valence-electron chi connectivity index (χ2n) is 10.6. The number of carbonyl (C=O) groups is 3.